The molecule has 0 rings (SSSR count). The van der Waals surface area contributed by atoms with Crippen molar-refractivity contribution >= 4 is 10.2 Å². The van der Waals surface area contributed by atoms with Crippen LogP contribution in [-0.4, -0.2) is 10.2 Å². The minimum atomic E-state index is 0. The van der Waals surface area contributed by atoms with Gasteiger partial charge in [0.1, 0.15) is 0 Å². The lowest BCUT2D eigenvalue weighted by Gasteiger charge is -2.05. The van der Waals surface area contributed by atoms with Crippen LogP contribution in [0.15, 0.2) is 0 Å². The van der Waals surface area contributed by atoms with Crippen molar-refractivity contribution < 1.29 is 14.1 Å². The van der Waals surface area contributed by atoms with E-state index in [0.717, 1.165) is 0 Å². The van der Waals surface area contributed by atoms with Crippen molar-refractivity contribution in [3.63, 3.8) is 0 Å². The van der Waals surface area contributed by atoms with E-state index in [4.69, 9.17) is 0 Å². The van der Waals surface area contributed by atoms with E-state index in [1.165, 1.54) is 10.2 Å². The summed E-state index contributed by atoms with van der Waals surface area (Å²) in [5.41, 5.74) is 0. The van der Waals surface area contributed by atoms with Crippen molar-refractivity contribution in [3.8, 4) is 0 Å². The zero-order chi connectivity index (χ0) is 4.50. The van der Waals surface area contributed by atoms with E-state index < -0.39 is 0 Å². The Morgan fingerprint density at radius 2 is 0.875 bits per heavy atom. The monoisotopic (exact) mass is 148 g/mol. The summed E-state index contributed by atoms with van der Waals surface area (Å²) in [6.45, 7) is 6.75. The fraction of sp³-hybridized carbons (Fsp3) is 1.00. The van der Waals surface area contributed by atoms with E-state index in [1.807, 2.05) is 0 Å². The Bertz CT molecular complexity index is 26.8. The zero-order valence-corrected chi connectivity index (χ0v) is 7.72. The second kappa shape index (κ2) is 7.01. The summed E-state index contributed by atoms with van der Waals surface area (Å²) >= 11 is 0. The van der Waals surface area contributed by atoms with Crippen LogP contribution in [0.4, 0.5) is 14.1 Å². The topological polar surface area (TPSA) is 0 Å². The number of hydrogen-bond acceptors (Lipinski definition) is 0. The van der Waals surface area contributed by atoms with Gasteiger partial charge in [-0.25, -0.2) is 0 Å². The molecule has 0 aliphatic heterocycles. The molecule has 0 aliphatic carbocycles. The van der Waals surface area contributed by atoms with Crippen molar-refractivity contribution in [1.29, 1.82) is 0 Å². The number of hydrogen-bond donors (Lipinski definition) is 0. The Balaban J connectivity index is -0.0000000267. The van der Waals surface area contributed by atoms with Crippen molar-refractivity contribution in [2.45, 2.75) is 25.8 Å². The minimum absolute atomic E-state index is 0. The van der Waals surface area contributed by atoms with Crippen LogP contribution in [0.3, 0.4) is 0 Å². The molecule has 0 fully saturated rings. The van der Waals surface area contributed by atoms with Crippen LogP contribution >= 0.6 is 0 Å². The zero-order valence-electron chi connectivity index (χ0n) is 5.72. The highest BCUT2D eigenvalue weighted by atomic mass is 28.1. The summed E-state index contributed by atoms with van der Waals surface area (Å²) in [4.78, 5) is 0. The molecule has 0 heterocycles. The lowest BCUT2D eigenvalue weighted by atomic mass is 10.3. The SMILES string of the molecule is CC(C)(C)[SiH3].F.F.F. The molecule has 0 radical (unpaired) electrons. The molecule has 4 heteroatoms. The molecule has 8 heavy (non-hydrogen) atoms. The third kappa shape index (κ3) is 3180000. The third-order valence-electron chi connectivity index (χ3n) is 0. The fourth-order valence-electron chi connectivity index (χ4n) is 0. The highest BCUT2D eigenvalue weighted by molar-refractivity contribution is 6.14. The van der Waals surface area contributed by atoms with E-state index in [-0.39, 0.29) is 14.1 Å². The highest BCUT2D eigenvalue weighted by Gasteiger charge is 1.95. The molecule has 0 unspecified atom stereocenters. The Hall–Kier alpha value is 0.00688. The fourth-order valence-corrected chi connectivity index (χ4v) is 0. The van der Waals surface area contributed by atoms with Crippen LogP contribution < -0.4 is 0 Å². The quantitative estimate of drug-likeness (QED) is 0.450. The van der Waals surface area contributed by atoms with Crippen LogP contribution in [0.1, 0.15) is 20.8 Å². The highest BCUT2D eigenvalue weighted by Crippen LogP contribution is 2.13. The van der Waals surface area contributed by atoms with E-state index >= 15 is 0 Å². The first kappa shape index (κ1) is 24.5. The molecule has 0 aromatic heterocycles. The number of halogens is 3. The van der Waals surface area contributed by atoms with Gasteiger partial charge >= 0.3 is 0 Å². The molecule has 0 aromatic rings. The van der Waals surface area contributed by atoms with Gasteiger partial charge in [0.25, 0.3) is 0 Å². The Morgan fingerprint density at radius 1 is 0.875 bits per heavy atom. The van der Waals surface area contributed by atoms with Gasteiger partial charge in [-0.1, -0.05) is 25.8 Å². The minimum Gasteiger partial charge on any atom is -0.269 e. The molecule has 0 saturated heterocycles. The summed E-state index contributed by atoms with van der Waals surface area (Å²) < 4.78 is 0. The van der Waals surface area contributed by atoms with Gasteiger partial charge in [-0.15, -0.1) is 0 Å². The summed E-state index contributed by atoms with van der Waals surface area (Å²) in [5, 5.41) is 0.639. The Labute approximate surface area is 51.2 Å². The summed E-state index contributed by atoms with van der Waals surface area (Å²) in [6, 6.07) is 0. The molecular formula is C4H15F3Si. The Morgan fingerprint density at radius 3 is 0.875 bits per heavy atom. The van der Waals surface area contributed by atoms with Gasteiger partial charge in [-0.2, -0.15) is 0 Å². The molecule has 0 atom stereocenters. The predicted molar refractivity (Wildman–Crippen MR) is 37.2 cm³/mol. The van der Waals surface area contributed by atoms with E-state index in [1.54, 1.807) is 0 Å². The Kier molecular flexibility index (Phi) is 21.4. The molecule has 0 saturated carbocycles. The smallest absolute Gasteiger partial charge is 0.00959 e. The second-order valence-electron chi connectivity index (χ2n) is 3.00. The van der Waals surface area contributed by atoms with Crippen molar-refractivity contribution in [1.82, 2.24) is 0 Å². The summed E-state index contributed by atoms with van der Waals surface area (Å²) in [6.07, 6.45) is 0. The molecular weight excluding hydrogens is 133 g/mol. The lowest BCUT2D eigenvalue weighted by Crippen LogP contribution is -1.90. The first-order chi connectivity index (χ1) is 2.00. The maximum atomic E-state index is 2.25. The van der Waals surface area contributed by atoms with E-state index in [0.29, 0.717) is 5.04 Å². The van der Waals surface area contributed by atoms with Gasteiger partial charge in [-0.05, 0) is 0 Å². The predicted octanol–water partition coefficient (Wildman–Crippen LogP) is 1.03. The van der Waals surface area contributed by atoms with Gasteiger partial charge < -0.3 is 0 Å². The molecule has 0 aromatic carbocycles. The lowest BCUT2D eigenvalue weighted by molar-refractivity contribution is 0.767. The first-order valence-electron chi connectivity index (χ1n) is 2.00. The van der Waals surface area contributed by atoms with Crippen LogP contribution in [0.25, 0.3) is 0 Å². The van der Waals surface area contributed by atoms with Gasteiger partial charge in [0.2, 0.25) is 0 Å². The first-order valence-corrected chi connectivity index (χ1v) is 3.00. The van der Waals surface area contributed by atoms with Crippen molar-refractivity contribution in [3.05, 3.63) is 0 Å². The van der Waals surface area contributed by atoms with E-state index in [2.05, 4.69) is 20.8 Å². The van der Waals surface area contributed by atoms with E-state index in [9.17, 15) is 0 Å². The van der Waals surface area contributed by atoms with Gasteiger partial charge in [-0.3, -0.25) is 14.1 Å². The largest absolute Gasteiger partial charge is 0.269 e. The average Bonchev–Trinajstić information content (AvgIpc) is 0.722. The van der Waals surface area contributed by atoms with Crippen LogP contribution in [0, 0.1) is 0 Å². The maximum absolute atomic E-state index is 2.25. The normalized spacial score (nSPS) is 7.88. The van der Waals surface area contributed by atoms with Crippen molar-refractivity contribution in [2.75, 3.05) is 0 Å². The van der Waals surface area contributed by atoms with Crippen LogP contribution in [0.5, 0.6) is 0 Å². The third-order valence-corrected chi connectivity index (χ3v) is 0. The summed E-state index contributed by atoms with van der Waals surface area (Å²) in [5.74, 6) is 0. The second-order valence-corrected chi connectivity index (χ2v) is 6.00. The number of rotatable bonds is 0. The molecule has 0 N–H and O–H groups in total. The maximum Gasteiger partial charge on any atom is 0.00959 e. The molecule has 56 valence electrons. The van der Waals surface area contributed by atoms with Crippen LogP contribution in [-0.2, 0) is 0 Å². The molecule has 0 spiro atoms. The molecule has 0 aliphatic rings. The van der Waals surface area contributed by atoms with Crippen molar-refractivity contribution in [2.24, 2.45) is 0 Å². The molecule has 0 amide bonds. The van der Waals surface area contributed by atoms with Gasteiger partial charge in [0.05, 0.1) is 0 Å². The average molecular weight is 148 g/mol. The summed E-state index contributed by atoms with van der Waals surface area (Å²) in [7, 11) is 1.31. The standard InChI is InChI=1S/C4H12Si.3FH/c1-4(2,3)5;;;/h1-3,5H3;3*1H. The van der Waals surface area contributed by atoms with Crippen LogP contribution in [0.2, 0.25) is 5.04 Å². The van der Waals surface area contributed by atoms with Gasteiger partial charge in [0.15, 0.2) is 0 Å². The van der Waals surface area contributed by atoms with Gasteiger partial charge in [0, 0.05) is 10.2 Å². The molecule has 0 nitrogen and oxygen atoms in total. The molecule has 0 bridgehead atoms.